The first-order valence-electron chi connectivity index (χ1n) is 12.2. The van der Waals surface area contributed by atoms with Crippen LogP contribution in [0.25, 0.3) is 22.2 Å². The van der Waals surface area contributed by atoms with Crippen molar-refractivity contribution in [3.8, 4) is 17.0 Å². The van der Waals surface area contributed by atoms with Crippen LogP contribution in [0.1, 0.15) is 29.2 Å². The average Bonchev–Trinajstić information content (AvgIpc) is 3.39. The van der Waals surface area contributed by atoms with Crippen molar-refractivity contribution in [2.24, 2.45) is 5.10 Å². The molecule has 0 fully saturated rings. The van der Waals surface area contributed by atoms with Gasteiger partial charge in [0.2, 0.25) is 5.95 Å². The van der Waals surface area contributed by atoms with Crippen LogP contribution in [0.2, 0.25) is 0 Å². The molecule has 5 nitrogen and oxygen atoms in total. The molecule has 6 heteroatoms. The lowest BCUT2D eigenvalue weighted by Gasteiger charge is -2.23. The van der Waals surface area contributed by atoms with Crippen molar-refractivity contribution in [2.45, 2.75) is 19.4 Å². The minimum atomic E-state index is -0.0560. The van der Waals surface area contributed by atoms with E-state index in [1.54, 1.807) is 7.11 Å². The van der Waals surface area contributed by atoms with E-state index in [4.69, 9.17) is 19.8 Å². The summed E-state index contributed by atoms with van der Waals surface area (Å²) in [5, 5.41) is 8.11. The Morgan fingerprint density at radius 2 is 1.62 bits per heavy atom. The molecular weight excluding hydrogens is 524 g/mol. The van der Waals surface area contributed by atoms with Gasteiger partial charge >= 0.3 is 0 Å². The zero-order valence-electron chi connectivity index (χ0n) is 20.6. The van der Waals surface area contributed by atoms with Gasteiger partial charge in [-0.1, -0.05) is 82.2 Å². The Balaban J connectivity index is 1.55. The molecule has 0 bridgehead atoms. The Labute approximate surface area is 224 Å². The molecule has 6 rings (SSSR count). The van der Waals surface area contributed by atoms with E-state index < -0.39 is 0 Å². The zero-order valence-corrected chi connectivity index (χ0v) is 22.2. The first-order chi connectivity index (χ1) is 18.1. The maximum atomic E-state index is 5.66. The van der Waals surface area contributed by atoms with E-state index in [1.807, 2.05) is 41.4 Å². The molecule has 0 spiro atoms. The number of anilines is 1. The number of hydrazone groups is 1. The lowest BCUT2D eigenvalue weighted by Crippen LogP contribution is -2.21. The molecule has 1 atom stereocenters. The first-order valence-corrected chi connectivity index (χ1v) is 13.0. The van der Waals surface area contributed by atoms with Gasteiger partial charge in [-0.2, -0.15) is 5.10 Å². The van der Waals surface area contributed by atoms with Gasteiger partial charge in [0.05, 0.1) is 30.1 Å². The number of aryl methyl sites for hydroxylation is 1. The lowest BCUT2D eigenvalue weighted by molar-refractivity contribution is 0.414. The Hall–Kier alpha value is -4.03. The first kappa shape index (κ1) is 23.4. The maximum Gasteiger partial charge on any atom is 0.247 e. The van der Waals surface area contributed by atoms with Crippen LogP contribution in [-0.2, 0) is 0 Å². The highest BCUT2D eigenvalue weighted by atomic mass is 79.9. The normalized spacial score (nSPS) is 15.2. The number of rotatable bonds is 5. The van der Waals surface area contributed by atoms with Gasteiger partial charge in [0.25, 0.3) is 0 Å². The molecule has 0 amide bonds. The molecule has 37 heavy (non-hydrogen) atoms. The van der Waals surface area contributed by atoms with Crippen LogP contribution in [0, 0.1) is 6.92 Å². The van der Waals surface area contributed by atoms with Crippen LogP contribution in [0.3, 0.4) is 0 Å². The number of benzene rings is 4. The number of nitrogens with zero attached hydrogens (tertiary/aromatic N) is 4. The number of fused-ring (bicyclic) bond motifs is 1. The van der Waals surface area contributed by atoms with Gasteiger partial charge in [0.15, 0.2) is 0 Å². The van der Waals surface area contributed by atoms with E-state index in [2.05, 4.69) is 83.5 Å². The molecule has 1 aromatic heterocycles. The van der Waals surface area contributed by atoms with Gasteiger partial charge in [-0.15, -0.1) is 0 Å². The summed E-state index contributed by atoms with van der Waals surface area (Å²) in [5.74, 6) is 1.38. The van der Waals surface area contributed by atoms with Crippen molar-refractivity contribution in [1.82, 2.24) is 9.97 Å². The van der Waals surface area contributed by atoms with E-state index >= 15 is 0 Å². The summed E-state index contributed by atoms with van der Waals surface area (Å²) in [7, 11) is 1.69. The fourth-order valence-corrected chi connectivity index (χ4v) is 5.10. The third kappa shape index (κ3) is 4.49. The smallest absolute Gasteiger partial charge is 0.247 e. The van der Waals surface area contributed by atoms with Crippen molar-refractivity contribution < 1.29 is 4.74 Å². The molecule has 4 aromatic carbocycles. The molecule has 0 unspecified atom stereocenters. The predicted molar refractivity (Wildman–Crippen MR) is 153 cm³/mol. The number of halogens is 1. The number of aromatic nitrogens is 2. The minimum absolute atomic E-state index is 0.0560. The molecule has 0 radical (unpaired) electrons. The molecule has 0 saturated heterocycles. The SMILES string of the molecule is COc1ccccc1C1=NN(c2nc(-c3ccccc3)c3cc(C)ccc3n2)[C@@H](c2ccc(Br)cc2)C1. The monoisotopic (exact) mass is 548 g/mol. The summed E-state index contributed by atoms with van der Waals surface area (Å²) in [4.78, 5) is 10.1. The fourth-order valence-electron chi connectivity index (χ4n) is 4.83. The van der Waals surface area contributed by atoms with Crippen molar-refractivity contribution in [1.29, 1.82) is 0 Å². The van der Waals surface area contributed by atoms with Gasteiger partial charge < -0.3 is 4.74 Å². The Bertz CT molecular complexity index is 1620. The van der Waals surface area contributed by atoms with E-state index in [0.29, 0.717) is 12.4 Å². The highest BCUT2D eigenvalue weighted by Crippen LogP contribution is 2.39. The number of hydrogen-bond acceptors (Lipinski definition) is 5. The van der Waals surface area contributed by atoms with E-state index in [-0.39, 0.29) is 6.04 Å². The van der Waals surface area contributed by atoms with Gasteiger partial charge in [0, 0.05) is 27.4 Å². The molecule has 0 aliphatic carbocycles. The van der Waals surface area contributed by atoms with Crippen LogP contribution in [0.5, 0.6) is 5.75 Å². The van der Waals surface area contributed by atoms with Crippen LogP contribution in [0.4, 0.5) is 5.95 Å². The second-order valence-electron chi connectivity index (χ2n) is 9.12. The fraction of sp³-hybridized carbons (Fsp3) is 0.129. The summed E-state index contributed by atoms with van der Waals surface area (Å²) in [5.41, 5.74) is 7.09. The van der Waals surface area contributed by atoms with Crippen molar-refractivity contribution in [2.75, 3.05) is 12.1 Å². The number of methoxy groups -OCH3 is 1. The molecule has 2 heterocycles. The van der Waals surface area contributed by atoms with Crippen LogP contribution < -0.4 is 9.75 Å². The van der Waals surface area contributed by atoms with Crippen LogP contribution in [-0.4, -0.2) is 22.8 Å². The van der Waals surface area contributed by atoms with E-state index in [9.17, 15) is 0 Å². The van der Waals surface area contributed by atoms with Gasteiger partial charge in [-0.25, -0.2) is 15.0 Å². The quantitative estimate of drug-likeness (QED) is 0.225. The molecule has 0 N–H and O–H groups in total. The lowest BCUT2D eigenvalue weighted by atomic mass is 9.98. The van der Waals surface area contributed by atoms with E-state index in [1.165, 1.54) is 5.56 Å². The molecular formula is C31H25BrN4O. The summed E-state index contributed by atoms with van der Waals surface area (Å²) in [6, 6.07) is 32.9. The zero-order chi connectivity index (χ0) is 25.4. The van der Waals surface area contributed by atoms with Crippen molar-refractivity contribution >= 4 is 38.5 Å². The minimum Gasteiger partial charge on any atom is -0.496 e. The standard InChI is InChI=1S/C31H25BrN4O/c1-20-12-17-26-25(18-20)30(22-8-4-3-5-9-22)34-31(33-26)36-28(21-13-15-23(32)16-14-21)19-27(35-36)24-10-6-7-11-29(24)37-2/h3-18,28H,19H2,1-2H3/t28-/m1/s1. The molecule has 1 aliphatic heterocycles. The Kier molecular flexibility index (Phi) is 6.18. The molecule has 182 valence electrons. The Morgan fingerprint density at radius 1 is 0.865 bits per heavy atom. The predicted octanol–water partition coefficient (Wildman–Crippen LogP) is 7.73. The summed E-state index contributed by atoms with van der Waals surface area (Å²) < 4.78 is 6.70. The van der Waals surface area contributed by atoms with Crippen LogP contribution in [0.15, 0.2) is 107 Å². The second-order valence-corrected chi connectivity index (χ2v) is 10.0. The largest absolute Gasteiger partial charge is 0.496 e. The van der Waals surface area contributed by atoms with Crippen molar-refractivity contribution in [3.05, 3.63) is 118 Å². The average molecular weight is 549 g/mol. The van der Waals surface area contributed by atoms with E-state index in [0.717, 1.165) is 49.2 Å². The van der Waals surface area contributed by atoms with Gasteiger partial charge in [-0.05, 0) is 48.9 Å². The second kappa shape index (κ2) is 9.79. The number of ether oxygens (including phenoxy) is 1. The topological polar surface area (TPSA) is 50.6 Å². The molecule has 5 aromatic rings. The maximum absolute atomic E-state index is 5.66. The number of hydrogen-bond donors (Lipinski definition) is 0. The third-order valence-electron chi connectivity index (χ3n) is 6.67. The van der Waals surface area contributed by atoms with Gasteiger partial charge in [0.1, 0.15) is 5.75 Å². The number of para-hydroxylation sites is 1. The molecule has 0 saturated carbocycles. The summed E-state index contributed by atoms with van der Waals surface area (Å²) >= 11 is 3.57. The highest BCUT2D eigenvalue weighted by molar-refractivity contribution is 9.10. The van der Waals surface area contributed by atoms with Crippen LogP contribution >= 0.6 is 15.9 Å². The highest BCUT2D eigenvalue weighted by Gasteiger charge is 2.33. The summed E-state index contributed by atoms with van der Waals surface area (Å²) in [6.07, 6.45) is 0.706. The summed E-state index contributed by atoms with van der Waals surface area (Å²) in [6.45, 7) is 2.09. The van der Waals surface area contributed by atoms with Crippen molar-refractivity contribution in [3.63, 3.8) is 0 Å². The third-order valence-corrected chi connectivity index (χ3v) is 7.20. The Morgan fingerprint density at radius 3 is 2.41 bits per heavy atom. The molecule has 1 aliphatic rings. The van der Waals surface area contributed by atoms with Gasteiger partial charge in [-0.3, -0.25) is 0 Å².